The van der Waals surface area contributed by atoms with Gasteiger partial charge in [0.2, 0.25) is 0 Å². The second kappa shape index (κ2) is 19.8. The Kier molecular flexibility index (Phi) is 19.9. The summed E-state index contributed by atoms with van der Waals surface area (Å²) in [6.45, 7) is 9.78. The van der Waals surface area contributed by atoms with Gasteiger partial charge >= 0.3 is 66.0 Å². The average Bonchev–Trinajstić information content (AvgIpc) is 3.03. The van der Waals surface area contributed by atoms with Crippen LogP contribution in [-0.4, -0.2) is 124 Å². The molecule has 354 valence electrons. The monoisotopic (exact) mass is 940 g/mol. The fourth-order valence-electron chi connectivity index (χ4n) is 3.15. The van der Waals surface area contributed by atoms with Crippen LogP contribution in [0.3, 0.4) is 0 Å². The molecule has 0 rings (SSSR count). The Labute approximate surface area is 321 Å². The highest BCUT2D eigenvalue weighted by molar-refractivity contribution is 5.87. The minimum absolute atomic E-state index is 0.0866. The van der Waals surface area contributed by atoms with Gasteiger partial charge in [0.15, 0.2) is 18.8 Å². The van der Waals surface area contributed by atoms with Crippen LogP contribution in [0.15, 0.2) is 36.5 Å². The molecule has 0 aliphatic carbocycles. The average molecular weight is 941 g/mol. The van der Waals surface area contributed by atoms with Crippen LogP contribution in [-0.2, 0) is 28.6 Å². The highest BCUT2D eigenvalue weighted by Gasteiger charge is 2.84. The molecule has 0 heterocycles. The third kappa shape index (κ3) is 12.8. The maximum absolute atomic E-state index is 13.5. The first-order chi connectivity index (χ1) is 26.0. The molecule has 0 aliphatic rings. The van der Waals surface area contributed by atoms with Crippen LogP contribution in [0.2, 0.25) is 0 Å². The van der Waals surface area contributed by atoms with E-state index in [0.29, 0.717) is 0 Å². The number of aliphatic hydroxyl groups is 3. The summed E-state index contributed by atoms with van der Waals surface area (Å²) in [7, 11) is 0. The summed E-state index contributed by atoms with van der Waals surface area (Å²) in [6, 6.07) is 0. The van der Waals surface area contributed by atoms with Crippen molar-refractivity contribution >= 4 is 17.9 Å². The Morgan fingerprint density at radius 3 is 0.967 bits per heavy atom. The van der Waals surface area contributed by atoms with Gasteiger partial charge in [0.05, 0.1) is 0 Å². The van der Waals surface area contributed by atoms with Crippen molar-refractivity contribution in [3.63, 3.8) is 0 Å². The summed E-state index contributed by atoms with van der Waals surface area (Å²) in [5.74, 6) is -21.4. The quantitative estimate of drug-likeness (QED) is 0.0685. The van der Waals surface area contributed by atoms with Crippen molar-refractivity contribution in [1.29, 1.82) is 0 Å². The summed E-state index contributed by atoms with van der Waals surface area (Å²) in [4.78, 5) is 32.6. The summed E-state index contributed by atoms with van der Waals surface area (Å²) < 4.78 is 288. The van der Waals surface area contributed by atoms with Gasteiger partial charge in [-0.1, -0.05) is 19.7 Å². The number of hydrogen-bond donors (Lipinski definition) is 3. The number of ether oxygens (including phenoxy) is 3. The maximum atomic E-state index is 13.5. The van der Waals surface area contributed by atoms with E-state index < -0.39 is 126 Å². The molecule has 0 aliphatic heterocycles. The Hall–Kier alpha value is -4.03. The van der Waals surface area contributed by atoms with Crippen LogP contribution in [0, 0.1) is 0 Å². The standard InChI is InChI=1S/C10H10F8O3.C10H11F7O3.C9H9F7O3/c1-4(2)6(19)21-5(3)7(11,12)8(20,9(13,14)15)10(16,17)18;1-4(2)6(18)20-5(3)9(13,14)8(19,7(11)12)10(15,16)17;1-4(2)5(17)19-3-7(12,13)8(18,6(10)11)9(14,15)16/h5,20H,1H2,2-3H3;5,7,19H,1H2,2-3H3;6,18H,1,3H2,2H3. The van der Waals surface area contributed by atoms with Crippen LogP contribution in [0.1, 0.15) is 34.6 Å². The van der Waals surface area contributed by atoms with E-state index in [0.717, 1.165) is 20.8 Å². The van der Waals surface area contributed by atoms with Crippen LogP contribution in [0.4, 0.5) is 96.6 Å². The van der Waals surface area contributed by atoms with Crippen molar-refractivity contribution in [2.75, 3.05) is 6.61 Å². The van der Waals surface area contributed by atoms with E-state index >= 15 is 0 Å². The number of rotatable bonds is 14. The van der Waals surface area contributed by atoms with E-state index in [2.05, 4.69) is 33.9 Å². The molecule has 0 aromatic heterocycles. The second-order valence-corrected chi connectivity index (χ2v) is 11.8. The lowest BCUT2D eigenvalue weighted by Gasteiger charge is -2.40. The van der Waals surface area contributed by atoms with Crippen molar-refractivity contribution in [3.05, 3.63) is 36.5 Å². The number of esters is 3. The zero-order valence-electron chi connectivity index (χ0n) is 30.2. The van der Waals surface area contributed by atoms with Crippen LogP contribution in [0.25, 0.3) is 0 Å². The first-order valence-electron chi connectivity index (χ1n) is 14.7. The summed E-state index contributed by atoms with van der Waals surface area (Å²) in [5, 5.41) is 25.9. The maximum Gasteiger partial charge on any atom is 0.432 e. The van der Waals surface area contributed by atoms with Gasteiger partial charge in [0.25, 0.3) is 24.1 Å². The lowest BCUT2D eigenvalue weighted by Crippen LogP contribution is -2.71. The molecule has 4 atom stereocenters. The van der Waals surface area contributed by atoms with Gasteiger partial charge in [-0.15, -0.1) is 0 Å². The fourth-order valence-corrected chi connectivity index (χ4v) is 3.15. The zero-order valence-corrected chi connectivity index (χ0v) is 30.2. The molecule has 0 fully saturated rings. The number of carbonyl (C=O) groups excluding carboxylic acids is 3. The van der Waals surface area contributed by atoms with E-state index in [-0.39, 0.29) is 13.8 Å². The fraction of sp³-hybridized carbons (Fsp3) is 0.690. The van der Waals surface area contributed by atoms with E-state index in [9.17, 15) is 111 Å². The second-order valence-electron chi connectivity index (χ2n) is 11.8. The minimum Gasteiger partial charge on any atom is -0.456 e. The summed E-state index contributed by atoms with van der Waals surface area (Å²) in [5.41, 5.74) is -19.0. The first-order valence-corrected chi connectivity index (χ1v) is 14.7. The third-order valence-corrected chi connectivity index (χ3v) is 6.88. The van der Waals surface area contributed by atoms with Gasteiger partial charge in [-0.2, -0.15) is 79.0 Å². The van der Waals surface area contributed by atoms with Crippen molar-refractivity contribution in [2.24, 2.45) is 0 Å². The molecule has 0 aromatic rings. The predicted octanol–water partition coefficient (Wildman–Crippen LogP) is 7.97. The molecule has 0 aromatic carbocycles. The number of halogens is 22. The molecule has 0 saturated heterocycles. The molecule has 0 radical (unpaired) electrons. The van der Waals surface area contributed by atoms with E-state index in [1.165, 1.54) is 0 Å². The molecule has 0 amide bonds. The highest BCUT2D eigenvalue weighted by atomic mass is 19.4. The lowest BCUT2D eigenvalue weighted by molar-refractivity contribution is -0.431. The van der Waals surface area contributed by atoms with Gasteiger partial charge in [-0.25, -0.2) is 31.9 Å². The SMILES string of the molecule is C=C(C)C(=O)OC(C)C(F)(F)C(O)(C(F)(F)F)C(F)(F)F.C=C(C)C(=O)OC(C)C(F)(F)C(O)(C(F)F)C(F)(F)F.C=C(C)C(=O)OCC(F)(F)C(O)(C(F)F)C(F)(F)F. The van der Waals surface area contributed by atoms with Gasteiger partial charge in [-0.3, -0.25) is 0 Å². The van der Waals surface area contributed by atoms with Crippen molar-refractivity contribution in [1.82, 2.24) is 0 Å². The van der Waals surface area contributed by atoms with Crippen molar-refractivity contribution < 1.29 is 141 Å². The lowest BCUT2D eigenvalue weighted by atomic mass is 9.90. The molecular formula is C29H30F22O9. The van der Waals surface area contributed by atoms with Gasteiger partial charge in [-0.05, 0) is 34.6 Å². The molecule has 60 heavy (non-hydrogen) atoms. The number of alkyl halides is 22. The smallest absolute Gasteiger partial charge is 0.432 e. The Morgan fingerprint density at radius 1 is 0.483 bits per heavy atom. The number of hydrogen-bond acceptors (Lipinski definition) is 9. The van der Waals surface area contributed by atoms with Crippen LogP contribution < -0.4 is 0 Å². The highest BCUT2D eigenvalue weighted by Crippen LogP contribution is 2.54. The predicted molar refractivity (Wildman–Crippen MR) is 152 cm³/mol. The Morgan fingerprint density at radius 2 is 0.750 bits per heavy atom. The van der Waals surface area contributed by atoms with Crippen LogP contribution >= 0.6 is 0 Å². The van der Waals surface area contributed by atoms with Gasteiger partial charge in [0.1, 0.15) is 0 Å². The van der Waals surface area contributed by atoms with Crippen molar-refractivity contribution in [3.8, 4) is 0 Å². The van der Waals surface area contributed by atoms with Crippen molar-refractivity contribution in [2.45, 2.75) is 119 Å². The van der Waals surface area contributed by atoms with E-state index in [4.69, 9.17) is 15.3 Å². The molecule has 0 spiro atoms. The molecule has 9 nitrogen and oxygen atoms in total. The first kappa shape index (κ1) is 60.3. The molecule has 0 saturated carbocycles. The topological polar surface area (TPSA) is 140 Å². The molecule has 4 unspecified atom stereocenters. The molecular weight excluding hydrogens is 910 g/mol. The number of carbonyl (C=O) groups is 3. The Balaban J connectivity index is -0.000000813. The Bertz CT molecular complexity index is 1520. The summed E-state index contributed by atoms with van der Waals surface area (Å²) >= 11 is 0. The van der Waals surface area contributed by atoms with E-state index in [1.807, 2.05) is 0 Å². The van der Waals surface area contributed by atoms with E-state index in [1.54, 1.807) is 0 Å². The van der Waals surface area contributed by atoms with Gasteiger partial charge < -0.3 is 29.5 Å². The molecule has 3 N–H and O–H groups in total. The van der Waals surface area contributed by atoms with Gasteiger partial charge in [0, 0.05) is 16.7 Å². The minimum atomic E-state index is -6.75. The normalized spacial score (nSPS) is 16.4. The zero-order chi connectivity index (χ0) is 49.6. The van der Waals surface area contributed by atoms with Crippen LogP contribution in [0.5, 0.6) is 0 Å². The molecule has 31 heteroatoms. The molecule has 0 bridgehead atoms. The largest absolute Gasteiger partial charge is 0.456 e. The third-order valence-electron chi connectivity index (χ3n) is 6.88. The summed E-state index contributed by atoms with van der Waals surface area (Å²) in [6.07, 6.45) is -42.0.